The molecule has 1 aromatic rings. The zero-order valence-electron chi connectivity index (χ0n) is 9.82. The number of aryl methyl sites for hydroxylation is 1. The van der Waals surface area contributed by atoms with E-state index in [2.05, 4.69) is 22.6 Å². The molecule has 0 amide bonds. The summed E-state index contributed by atoms with van der Waals surface area (Å²) in [5, 5.41) is 16.1. The smallest absolute Gasteiger partial charge is 0.0898 e. The highest BCUT2D eigenvalue weighted by molar-refractivity contribution is 7.09. The maximum Gasteiger partial charge on any atom is 0.0898 e. The Morgan fingerprint density at radius 2 is 2.13 bits per heavy atom. The summed E-state index contributed by atoms with van der Waals surface area (Å²) >= 11 is 1.66. The average molecular weight is 228 g/mol. The monoisotopic (exact) mass is 228 g/mol. The van der Waals surface area contributed by atoms with Gasteiger partial charge in [-0.25, -0.2) is 4.98 Å². The van der Waals surface area contributed by atoms with E-state index in [4.69, 9.17) is 0 Å². The molecule has 1 aromatic heterocycles. The largest absolute Gasteiger partial charge is 0.392 e. The fraction of sp³-hybridized carbons (Fsp3) is 0.727. The van der Waals surface area contributed by atoms with Crippen molar-refractivity contribution in [1.29, 1.82) is 0 Å². The summed E-state index contributed by atoms with van der Waals surface area (Å²) in [4.78, 5) is 4.41. The molecule has 0 saturated heterocycles. The van der Waals surface area contributed by atoms with Crippen molar-refractivity contribution < 1.29 is 5.11 Å². The molecule has 1 heterocycles. The molecule has 0 bridgehead atoms. The van der Waals surface area contributed by atoms with Crippen molar-refractivity contribution in [3.05, 3.63) is 16.1 Å². The Morgan fingerprint density at radius 3 is 2.60 bits per heavy atom. The van der Waals surface area contributed by atoms with Crippen LogP contribution in [0.4, 0.5) is 0 Å². The topological polar surface area (TPSA) is 45.2 Å². The van der Waals surface area contributed by atoms with E-state index in [-0.39, 0.29) is 12.1 Å². The van der Waals surface area contributed by atoms with Crippen LogP contribution in [-0.2, 0) is 0 Å². The van der Waals surface area contributed by atoms with Gasteiger partial charge in [-0.1, -0.05) is 13.8 Å². The van der Waals surface area contributed by atoms with Gasteiger partial charge in [0.05, 0.1) is 16.8 Å². The van der Waals surface area contributed by atoms with Crippen LogP contribution >= 0.6 is 11.3 Å². The van der Waals surface area contributed by atoms with E-state index in [9.17, 15) is 5.11 Å². The van der Waals surface area contributed by atoms with Crippen molar-refractivity contribution in [2.45, 2.75) is 39.8 Å². The quantitative estimate of drug-likeness (QED) is 0.811. The lowest BCUT2D eigenvalue weighted by Crippen LogP contribution is -2.32. The Balaban J connectivity index is 2.39. The first-order valence-corrected chi connectivity index (χ1v) is 6.22. The second kappa shape index (κ2) is 5.58. The predicted octanol–water partition coefficient (Wildman–Crippen LogP) is 2.12. The minimum absolute atomic E-state index is 0.211. The normalized spacial score (nSPS) is 15.6. The summed E-state index contributed by atoms with van der Waals surface area (Å²) in [7, 11) is 0. The average Bonchev–Trinajstić information content (AvgIpc) is 2.60. The molecule has 3 nitrogen and oxygen atoms in total. The molecule has 2 atom stereocenters. The summed E-state index contributed by atoms with van der Waals surface area (Å²) in [6.45, 7) is 8.73. The number of aliphatic hydroxyl groups excluding tert-OH is 1. The Kier molecular flexibility index (Phi) is 4.70. The Labute approximate surface area is 95.6 Å². The van der Waals surface area contributed by atoms with Crippen LogP contribution in [0.25, 0.3) is 0 Å². The van der Waals surface area contributed by atoms with E-state index in [1.54, 1.807) is 11.3 Å². The van der Waals surface area contributed by atoms with Gasteiger partial charge in [0.25, 0.3) is 0 Å². The molecule has 15 heavy (non-hydrogen) atoms. The molecule has 2 unspecified atom stereocenters. The zero-order chi connectivity index (χ0) is 11.4. The van der Waals surface area contributed by atoms with Crippen molar-refractivity contribution in [3.63, 3.8) is 0 Å². The number of hydrogen-bond donors (Lipinski definition) is 2. The van der Waals surface area contributed by atoms with Crippen molar-refractivity contribution >= 4 is 11.3 Å². The zero-order valence-corrected chi connectivity index (χ0v) is 10.6. The highest BCUT2D eigenvalue weighted by atomic mass is 32.1. The van der Waals surface area contributed by atoms with Crippen molar-refractivity contribution in [1.82, 2.24) is 10.3 Å². The summed E-state index contributed by atoms with van der Waals surface area (Å²) < 4.78 is 0. The van der Waals surface area contributed by atoms with E-state index < -0.39 is 0 Å². The molecule has 0 spiro atoms. The maximum atomic E-state index is 9.65. The van der Waals surface area contributed by atoms with Crippen LogP contribution in [0.5, 0.6) is 0 Å². The van der Waals surface area contributed by atoms with Gasteiger partial charge in [-0.3, -0.25) is 0 Å². The number of rotatable bonds is 5. The second-order valence-corrected chi connectivity index (χ2v) is 5.29. The van der Waals surface area contributed by atoms with Crippen molar-refractivity contribution in [2.75, 3.05) is 6.54 Å². The van der Waals surface area contributed by atoms with Crippen LogP contribution in [0, 0.1) is 12.8 Å². The van der Waals surface area contributed by atoms with E-state index in [1.165, 1.54) is 0 Å². The van der Waals surface area contributed by atoms with Crippen LogP contribution in [-0.4, -0.2) is 22.7 Å². The summed E-state index contributed by atoms with van der Waals surface area (Å²) in [5.74, 6) is 0.293. The predicted molar refractivity (Wildman–Crippen MR) is 64.1 cm³/mol. The van der Waals surface area contributed by atoms with E-state index in [0.717, 1.165) is 10.7 Å². The lowest BCUT2D eigenvalue weighted by atomic mass is 10.1. The van der Waals surface area contributed by atoms with Crippen LogP contribution in [0.2, 0.25) is 0 Å². The van der Waals surface area contributed by atoms with Crippen LogP contribution in [0.15, 0.2) is 5.38 Å². The Morgan fingerprint density at radius 1 is 1.47 bits per heavy atom. The molecule has 86 valence electrons. The van der Waals surface area contributed by atoms with Gasteiger partial charge in [-0.15, -0.1) is 11.3 Å². The third-order valence-electron chi connectivity index (χ3n) is 2.48. The first kappa shape index (κ1) is 12.6. The van der Waals surface area contributed by atoms with Crippen molar-refractivity contribution in [3.8, 4) is 0 Å². The van der Waals surface area contributed by atoms with Gasteiger partial charge >= 0.3 is 0 Å². The number of aromatic nitrogens is 1. The summed E-state index contributed by atoms with van der Waals surface area (Å²) in [6, 6.07) is 0.211. The van der Waals surface area contributed by atoms with Gasteiger partial charge in [0.2, 0.25) is 0 Å². The molecule has 0 aromatic carbocycles. The van der Waals surface area contributed by atoms with Crippen LogP contribution in [0.1, 0.15) is 37.5 Å². The van der Waals surface area contributed by atoms with Gasteiger partial charge in [0, 0.05) is 18.0 Å². The summed E-state index contributed by atoms with van der Waals surface area (Å²) in [5.41, 5.74) is 1.06. The molecule has 1 rings (SSSR count). The van der Waals surface area contributed by atoms with E-state index in [1.807, 2.05) is 20.8 Å². The van der Waals surface area contributed by atoms with Gasteiger partial charge < -0.3 is 10.4 Å². The molecule has 2 N–H and O–H groups in total. The molecule has 0 radical (unpaired) electrons. The van der Waals surface area contributed by atoms with Crippen LogP contribution in [0.3, 0.4) is 0 Å². The minimum atomic E-state index is -0.285. The second-order valence-electron chi connectivity index (χ2n) is 4.23. The first-order chi connectivity index (χ1) is 7.00. The van der Waals surface area contributed by atoms with E-state index >= 15 is 0 Å². The highest BCUT2D eigenvalue weighted by Gasteiger charge is 2.12. The molecule has 4 heteroatoms. The summed E-state index contributed by atoms with van der Waals surface area (Å²) in [6.07, 6.45) is -0.285. The standard InChI is InChI=1S/C11H20N2OS/c1-7(2)11(14)5-12-8(3)10-6-15-9(4)13-10/h6-8,11-12,14H,5H2,1-4H3. The Hall–Kier alpha value is -0.450. The SMILES string of the molecule is Cc1nc(C(C)NCC(O)C(C)C)cs1. The molecule has 0 saturated carbocycles. The van der Waals surface area contributed by atoms with Gasteiger partial charge in [0.1, 0.15) is 0 Å². The first-order valence-electron chi connectivity index (χ1n) is 5.34. The lowest BCUT2D eigenvalue weighted by Gasteiger charge is -2.18. The maximum absolute atomic E-state index is 9.65. The van der Waals surface area contributed by atoms with Gasteiger partial charge in [-0.05, 0) is 19.8 Å². The number of thiazole rings is 1. The fourth-order valence-corrected chi connectivity index (χ4v) is 1.92. The molecule has 0 aliphatic heterocycles. The molecule has 0 aliphatic rings. The third kappa shape index (κ3) is 3.89. The molecule has 0 fully saturated rings. The van der Waals surface area contributed by atoms with Crippen molar-refractivity contribution in [2.24, 2.45) is 5.92 Å². The number of hydrogen-bond acceptors (Lipinski definition) is 4. The number of aliphatic hydroxyl groups is 1. The van der Waals surface area contributed by atoms with Gasteiger partial charge in [0.15, 0.2) is 0 Å². The van der Waals surface area contributed by atoms with E-state index in [0.29, 0.717) is 12.5 Å². The lowest BCUT2D eigenvalue weighted by molar-refractivity contribution is 0.120. The number of nitrogens with one attached hydrogen (secondary N) is 1. The highest BCUT2D eigenvalue weighted by Crippen LogP contribution is 2.15. The Bertz CT molecular complexity index is 299. The fourth-order valence-electron chi connectivity index (χ4n) is 1.22. The molecular weight excluding hydrogens is 208 g/mol. The van der Waals surface area contributed by atoms with Gasteiger partial charge in [-0.2, -0.15) is 0 Å². The third-order valence-corrected chi connectivity index (χ3v) is 3.27. The number of nitrogens with zero attached hydrogens (tertiary/aromatic N) is 1. The van der Waals surface area contributed by atoms with Crippen LogP contribution < -0.4 is 5.32 Å². The molecular formula is C11H20N2OS. The minimum Gasteiger partial charge on any atom is -0.392 e. The molecule has 0 aliphatic carbocycles.